The monoisotopic (exact) mass is 319 g/mol. The number of hydrogen-bond acceptors (Lipinski definition) is 2. The Bertz CT molecular complexity index is 542. The molecule has 0 aliphatic heterocycles. The lowest BCUT2D eigenvalue weighted by molar-refractivity contribution is -0.0937. The fourth-order valence-electron chi connectivity index (χ4n) is 3.61. The van der Waals surface area contributed by atoms with Crippen LogP contribution < -0.4 is 5.73 Å². The summed E-state index contributed by atoms with van der Waals surface area (Å²) in [5.41, 5.74) is 7.30. The maximum Gasteiger partial charge on any atom is 0.115 e. The molecule has 0 bridgehead atoms. The zero-order valence-electron chi connectivity index (χ0n) is 16.8. The second-order valence-electron chi connectivity index (χ2n) is 9.77. The van der Waals surface area contributed by atoms with Crippen LogP contribution in [0.2, 0.25) is 0 Å². The molecule has 132 valence electrons. The van der Waals surface area contributed by atoms with Gasteiger partial charge in [0.1, 0.15) is 5.75 Å². The zero-order chi connectivity index (χ0) is 18.5. The predicted octanol–water partition coefficient (Wildman–Crippen LogP) is 5.49. The SMILES string of the molecule is CC(C)(N)C(C)(C)C(C)(C)C(C)(C)C(C)(C)c1ccc(O)cc1. The number of phenolic OH excluding ortho intramolecular Hbond substituents is 1. The average molecular weight is 320 g/mol. The molecule has 0 amide bonds. The van der Waals surface area contributed by atoms with E-state index in [9.17, 15) is 5.11 Å². The van der Waals surface area contributed by atoms with E-state index in [1.54, 1.807) is 12.1 Å². The van der Waals surface area contributed by atoms with Crippen LogP contribution in [0.25, 0.3) is 0 Å². The van der Waals surface area contributed by atoms with Gasteiger partial charge >= 0.3 is 0 Å². The highest BCUT2D eigenvalue weighted by Gasteiger charge is 2.58. The van der Waals surface area contributed by atoms with Crippen molar-refractivity contribution >= 4 is 0 Å². The van der Waals surface area contributed by atoms with E-state index in [1.165, 1.54) is 5.56 Å². The normalized spacial score (nSPS) is 14.9. The van der Waals surface area contributed by atoms with Crippen molar-refractivity contribution in [3.63, 3.8) is 0 Å². The van der Waals surface area contributed by atoms with Crippen molar-refractivity contribution in [2.24, 2.45) is 22.0 Å². The predicted molar refractivity (Wildman–Crippen MR) is 101 cm³/mol. The minimum Gasteiger partial charge on any atom is -0.508 e. The molecule has 0 atom stereocenters. The first-order valence-corrected chi connectivity index (χ1v) is 8.58. The Morgan fingerprint density at radius 3 is 1.39 bits per heavy atom. The van der Waals surface area contributed by atoms with Crippen LogP contribution in [0.15, 0.2) is 24.3 Å². The van der Waals surface area contributed by atoms with Crippen molar-refractivity contribution in [2.45, 2.75) is 80.2 Å². The number of aromatic hydroxyl groups is 1. The Kier molecular flexibility index (Phi) is 4.80. The first-order valence-electron chi connectivity index (χ1n) is 8.58. The molecule has 0 heterocycles. The van der Waals surface area contributed by atoms with E-state index in [0.717, 1.165) is 0 Å². The number of benzene rings is 1. The number of rotatable bonds is 5. The van der Waals surface area contributed by atoms with E-state index in [1.807, 2.05) is 12.1 Å². The summed E-state index contributed by atoms with van der Waals surface area (Å²) in [4.78, 5) is 0. The molecule has 0 aromatic heterocycles. The van der Waals surface area contributed by atoms with Gasteiger partial charge in [-0.1, -0.05) is 67.5 Å². The molecule has 0 saturated heterocycles. The van der Waals surface area contributed by atoms with Crippen LogP contribution in [-0.2, 0) is 5.41 Å². The molecule has 0 aliphatic carbocycles. The van der Waals surface area contributed by atoms with Crippen molar-refractivity contribution in [1.82, 2.24) is 0 Å². The molecule has 3 N–H and O–H groups in total. The lowest BCUT2D eigenvalue weighted by Gasteiger charge is -2.62. The molecule has 0 radical (unpaired) electrons. The number of hydrogen-bond donors (Lipinski definition) is 2. The summed E-state index contributed by atoms with van der Waals surface area (Å²) in [7, 11) is 0. The van der Waals surface area contributed by atoms with Crippen molar-refractivity contribution in [3.8, 4) is 5.75 Å². The van der Waals surface area contributed by atoms with Crippen LogP contribution in [-0.4, -0.2) is 10.6 Å². The standard InChI is InChI=1S/C21H37NO/c1-17(2,15-11-13-16(23)14-12-15)18(3,4)19(5,6)20(7,8)21(9,10)22/h11-14,23H,22H2,1-10H3. The maximum atomic E-state index is 9.60. The highest BCUT2D eigenvalue weighted by molar-refractivity contribution is 5.33. The van der Waals surface area contributed by atoms with E-state index in [4.69, 9.17) is 5.73 Å². The van der Waals surface area contributed by atoms with E-state index in [2.05, 4.69) is 69.2 Å². The molecular formula is C21H37NO. The summed E-state index contributed by atoms with van der Waals surface area (Å²) in [5.74, 6) is 0.310. The summed E-state index contributed by atoms with van der Waals surface area (Å²) < 4.78 is 0. The summed E-state index contributed by atoms with van der Waals surface area (Å²) in [5, 5.41) is 9.60. The molecule has 0 unspecified atom stereocenters. The Balaban J connectivity index is 3.45. The van der Waals surface area contributed by atoms with Crippen molar-refractivity contribution < 1.29 is 5.11 Å². The van der Waals surface area contributed by atoms with Gasteiger partial charge in [0.2, 0.25) is 0 Å². The minimum absolute atomic E-state index is 0.0281. The van der Waals surface area contributed by atoms with Gasteiger partial charge < -0.3 is 10.8 Å². The maximum absolute atomic E-state index is 9.60. The van der Waals surface area contributed by atoms with E-state index < -0.39 is 0 Å². The van der Waals surface area contributed by atoms with Gasteiger partial charge in [0.15, 0.2) is 0 Å². The molecule has 0 saturated carbocycles. The number of phenols is 1. The summed E-state index contributed by atoms with van der Waals surface area (Å²) in [6.45, 7) is 22.7. The van der Waals surface area contributed by atoms with Crippen LogP contribution in [0.1, 0.15) is 74.8 Å². The lowest BCUT2D eigenvalue weighted by atomic mass is 9.43. The molecule has 1 aromatic carbocycles. The summed E-state index contributed by atoms with van der Waals surface area (Å²) in [6, 6.07) is 7.62. The van der Waals surface area contributed by atoms with Crippen LogP contribution >= 0.6 is 0 Å². The van der Waals surface area contributed by atoms with Gasteiger partial charge in [0, 0.05) is 5.54 Å². The van der Waals surface area contributed by atoms with Crippen LogP contribution in [0.5, 0.6) is 5.75 Å². The Morgan fingerprint density at radius 1 is 0.652 bits per heavy atom. The first-order chi connectivity index (χ1) is 10.00. The Morgan fingerprint density at radius 2 is 1.04 bits per heavy atom. The van der Waals surface area contributed by atoms with Gasteiger partial charge in [-0.2, -0.15) is 0 Å². The van der Waals surface area contributed by atoms with Gasteiger partial charge in [-0.25, -0.2) is 0 Å². The van der Waals surface area contributed by atoms with E-state index >= 15 is 0 Å². The largest absolute Gasteiger partial charge is 0.508 e. The molecule has 1 aromatic rings. The third-order valence-corrected chi connectivity index (χ3v) is 7.89. The van der Waals surface area contributed by atoms with E-state index in [-0.39, 0.29) is 27.2 Å². The van der Waals surface area contributed by atoms with E-state index in [0.29, 0.717) is 5.75 Å². The third kappa shape index (κ3) is 2.91. The van der Waals surface area contributed by atoms with Crippen LogP contribution in [0, 0.1) is 16.2 Å². The first kappa shape index (κ1) is 20.0. The Labute approximate surface area is 143 Å². The highest BCUT2D eigenvalue weighted by Crippen LogP contribution is 2.61. The Hall–Kier alpha value is -1.02. The van der Waals surface area contributed by atoms with Crippen molar-refractivity contribution in [3.05, 3.63) is 29.8 Å². The molecular weight excluding hydrogens is 282 g/mol. The molecule has 0 spiro atoms. The quantitative estimate of drug-likeness (QED) is 0.754. The van der Waals surface area contributed by atoms with Crippen molar-refractivity contribution in [2.75, 3.05) is 0 Å². The summed E-state index contributed by atoms with van der Waals surface area (Å²) >= 11 is 0. The lowest BCUT2D eigenvalue weighted by Crippen LogP contribution is -2.62. The fraction of sp³-hybridized carbons (Fsp3) is 0.714. The molecule has 2 nitrogen and oxygen atoms in total. The second kappa shape index (κ2) is 5.51. The molecule has 0 fully saturated rings. The van der Waals surface area contributed by atoms with Crippen LogP contribution in [0.4, 0.5) is 0 Å². The van der Waals surface area contributed by atoms with Gasteiger partial charge in [0.25, 0.3) is 0 Å². The third-order valence-electron chi connectivity index (χ3n) is 7.89. The highest BCUT2D eigenvalue weighted by atomic mass is 16.3. The molecule has 0 aliphatic rings. The van der Waals surface area contributed by atoms with Crippen LogP contribution in [0.3, 0.4) is 0 Å². The van der Waals surface area contributed by atoms with Gasteiger partial charge in [-0.05, 0) is 53.2 Å². The zero-order valence-corrected chi connectivity index (χ0v) is 16.8. The average Bonchev–Trinajstić information content (AvgIpc) is 2.37. The molecule has 23 heavy (non-hydrogen) atoms. The molecule has 1 rings (SSSR count). The number of nitrogens with two attached hydrogens (primary N) is 1. The second-order valence-corrected chi connectivity index (χ2v) is 9.77. The fourth-order valence-corrected chi connectivity index (χ4v) is 3.61. The summed E-state index contributed by atoms with van der Waals surface area (Å²) in [6.07, 6.45) is 0. The van der Waals surface area contributed by atoms with Gasteiger partial charge in [-0.15, -0.1) is 0 Å². The van der Waals surface area contributed by atoms with Gasteiger partial charge in [-0.3, -0.25) is 0 Å². The topological polar surface area (TPSA) is 46.2 Å². The van der Waals surface area contributed by atoms with Crippen molar-refractivity contribution in [1.29, 1.82) is 0 Å². The van der Waals surface area contributed by atoms with Gasteiger partial charge in [0.05, 0.1) is 0 Å². The minimum atomic E-state index is -0.293. The molecule has 2 heteroatoms. The smallest absolute Gasteiger partial charge is 0.115 e.